The van der Waals surface area contributed by atoms with Crippen molar-refractivity contribution in [1.82, 2.24) is 10.2 Å². The van der Waals surface area contributed by atoms with Crippen LogP contribution >= 0.6 is 34.8 Å². The number of halogens is 3. The lowest BCUT2D eigenvalue weighted by Gasteiger charge is -2.32. The van der Waals surface area contributed by atoms with Gasteiger partial charge in [-0.1, -0.05) is 76.8 Å². The van der Waals surface area contributed by atoms with Crippen LogP contribution in [-0.4, -0.2) is 43.8 Å². The van der Waals surface area contributed by atoms with Gasteiger partial charge < -0.3 is 10.2 Å². The Hall–Kier alpha value is -2.78. The minimum atomic E-state index is -4.27. The van der Waals surface area contributed by atoms with Gasteiger partial charge in [0.15, 0.2) is 0 Å². The molecule has 2 amide bonds. The van der Waals surface area contributed by atoms with Gasteiger partial charge in [-0.3, -0.25) is 13.9 Å². The zero-order chi connectivity index (χ0) is 28.9. The predicted octanol–water partition coefficient (Wildman–Crippen LogP) is 6.09. The molecule has 3 rings (SSSR count). The molecule has 0 fully saturated rings. The van der Waals surface area contributed by atoms with Crippen molar-refractivity contribution in [2.45, 2.75) is 51.2 Å². The fourth-order valence-electron chi connectivity index (χ4n) is 3.83. The molecule has 0 aliphatic rings. The smallest absolute Gasteiger partial charge is 0.264 e. The topological polar surface area (TPSA) is 86.8 Å². The second-order valence-electron chi connectivity index (χ2n) is 9.35. The van der Waals surface area contributed by atoms with Crippen LogP contribution in [0.25, 0.3) is 0 Å². The molecular weight excluding hydrogens is 581 g/mol. The van der Waals surface area contributed by atoms with Gasteiger partial charge in [0.05, 0.1) is 20.6 Å². The summed E-state index contributed by atoms with van der Waals surface area (Å²) < 4.78 is 28.7. The maximum Gasteiger partial charge on any atom is 0.264 e. The van der Waals surface area contributed by atoms with E-state index in [9.17, 15) is 18.0 Å². The van der Waals surface area contributed by atoms with Crippen LogP contribution in [0, 0.1) is 6.92 Å². The number of hydrogen-bond acceptors (Lipinski definition) is 4. The van der Waals surface area contributed by atoms with Gasteiger partial charge in [-0.15, -0.1) is 0 Å². The van der Waals surface area contributed by atoms with E-state index in [1.54, 1.807) is 49.4 Å². The molecule has 11 heteroatoms. The molecule has 208 valence electrons. The van der Waals surface area contributed by atoms with Crippen molar-refractivity contribution in [3.8, 4) is 0 Å². The Morgan fingerprint density at radius 1 is 0.872 bits per heavy atom. The summed E-state index contributed by atoms with van der Waals surface area (Å²) in [7, 11) is -4.27. The minimum Gasteiger partial charge on any atom is -0.352 e. The van der Waals surface area contributed by atoms with Crippen LogP contribution in [0.3, 0.4) is 0 Å². The van der Waals surface area contributed by atoms with Crippen molar-refractivity contribution in [2.75, 3.05) is 10.8 Å². The normalized spacial score (nSPS) is 12.2. The van der Waals surface area contributed by atoms with Crippen LogP contribution in [0.5, 0.6) is 0 Å². The lowest BCUT2D eigenvalue weighted by atomic mass is 10.1. The Morgan fingerprint density at radius 2 is 1.49 bits per heavy atom. The maximum absolute atomic E-state index is 13.9. The lowest BCUT2D eigenvalue weighted by molar-refractivity contribution is -0.139. The Bertz CT molecular complexity index is 1450. The first-order chi connectivity index (χ1) is 18.3. The number of aryl methyl sites for hydroxylation is 1. The van der Waals surface area contributed by atoms with Crippen molar-refractivity contribution >= 4 is 62.3 Å². The Morgan fingerprint density at radius 3 is 2.10 bits per heavy atom. The summed E-state index contributed by atoms with van der Waals surface area (Å²) in [5.41, 5.74) is 1.51. The molecule has 7 nitrogen and oxygen atoms in total. The van der Waals surface area contributed by atoms with E-state index in [4.69, 9.17) is 34.8 Å². The number of nitrogens with zero attached hydrogens (tertiary/aromatic N) is 2. The SMILES string of the molecule is Cc1ccc(S(=O)(=O)N(CC(=O)N(Cc2ccccc2Cl)[C@H](C)C(=O)NC(C)C)c2cccc(Cl)c2Cl)cc1. The molecular formula is C28H30Cl3N3O4S. The highest BCUT2D eigenvalue weighted by Gasteiger charge is 2.34. The quantitative estimate of drug-likeness (QED) is 0.301. The lowest BCUT2D eigenvalue weighted by Crippen LogP contribution is -2.52. The number of sulfonamides is 1. The predicted molar refractivity (Wildman–Crippen MR) is 157 cm³/mol. The van der Waals surface area contributed by atoms with Crippen molar-refractivity contribution in [3.63, 3.8) is 0 Å². The van der Waals surface area contributed by atoms with E-state index in [-0.39, 0.29) is 39.1 Å². The number of carbonyl (C=O) groups excluding carboxylic acids is 2. The van der Waals surface area contributed by atoms with Gasteiger partial charge in [-0.25, -0.2) is 8.42 Å². The monoisotopic (exact) mass is 609 g/mol. The molecule has 0 aliphatic carbocycles. The summed E-state index contributed by atoms with van der Waals surface area (Å²) >= 11 is 19.0. The molecule has 1 atom stereocenters. The first-order valence-corrected chi connectivity index (χ1v) is 14.8. The number of benzene rings is 3. The third kappa shape index (κ3) is 7.45. The van der Waals surface area contributed by atoms with E-state index in [2.05, 4.69) is 5.32 Å². The van der Waals surface area contributed by atoms with Gasteiger partial charge in [-0.05, 0) is 63.6 Å². The Balaban J connectivity index is 2.09. The highest BCUT2D eigenvalue weighted by molar-refractivity contribution is 7.92. The highest BCUT2D eigenvalue weighted by Crippen LogP contribution is 2.35. The van der Waals surface area contributed by atoms with Crippen molar-refractivity contribution in [1.29, 1.82) is 0 Å². The van der Waals surface area contributed by atoms with Gasteiger partial charge >= 0.3 is 0 Å². The number of nitrogens with one attached hydrogen (secondary N) is 1. The zero-order valence-electron chi connectivity index (χ0n) is 22.0. The maximum atomic E-state index is 13.9. The molecule has 0 spiro atoms. The largest absolute Gasteiger partial charge is 0.352 e. The average Bonchev–Trinajstić information content (AvgIpc) is 2.88. The van der Waals surface area contributed by atoms with Crippen molar-refractivity contribution < 1.29 is 18.0 Å². The molecule has 0 unspecified atom stereocenters. The van der Waals surface area contributed by atoms with Gasteiger partial charge in [0.25, 0.3) is 10.0 Å². The van der Waals surface area contributed by atoms with E-state index in [0.717, 1.165) is 9.87 Å². The van der Waals surface area contributed by atoms with Crippen LogP contribution in [0.15, 0.2) is 71.6 Å². The van der Waals surface area contributed by atoms with Crippen LogP contribution in [0.1, 0.15) is 31.9 Å². The fraction of sp³-hybridized carbons (Fsp3) is 0.286. The van der Waals surface area contributed by atoms with E-state index >= 15 is 0 Å². The van der Waals surface area contributed by atoms with Crippen LogP contribution in [-0.2, 0) is 26.2 Å². The van der Waals surface area contributed by atoms with Gasteiger partial charge in [0.1, 0.15) is 12.6 Å². The summed E-state index contributed by atoms with van der Waals surface area (Å²) in [6, 6.07) is 16.6. The molecule has 0 saturated heterocycles. The third-order valence-electron chi connectivity index (χ3n) is 5.98. The van der Waals surface area contributed by atoms with E-state index in [1.807, 2.05) is 20.8 Å². The number of anilines is 1. The van der Waals surface area contributed by atoms with Crippen LogP contribution in [0.2, 0.25) is 15.1 Å². The molecule has 3 aromatic carbocycles. The fourth-order valence-corrected chi connectivity index (χ4v) is 5.90. The second kappa shape index (κ2) is 13.0. The number of carbonyl (C=O) groups is 2. The van der Waals surface area contributed by atoms with Gasteiger partial charge in [0.2, 0.25) is 11.8 Å². The molecule has 0 aliphatic heterocycles. The summed E-state index contributed by atoms with van der Waals surface area (Å²) in [6.07, 6.45) is 0. The molecule has 0 saturated carbocycles. The van der Waals surface area contributed by atoms with E-state index in [0.29, 0.717) is 10.6 Å². The van der Waals surface area contributed by atoms with Gasteiger partial charge in [0, 0.05) is 17.6 Å². The Labute approximate surface area is 244 Å². The average molecular weight is 611 g/mol. The molecule has 0 heterocycles. The summed E-state index contributed by atoms with van der Waals surface area (Å²) in [5, 5.41) is 3.32. The molecule has 0 aromatic heterocycles. The summed E-state index contributed by atoms with van der Waals surface area (Å²) in [4.78, 5) is 28.2. The molecule has 3 aromatic rings. The van der Waals surface area contributed by atoms with E-state index in [1.165, 1.54) is 29.2 Å². The molecule has 0 bridgehead atoms. The number of rotatable bonds is 10. The number of hydrogen-bond donors (Lipinski definition) is 1. The third-order valence-corrected chi connectivity index (χ3v) is 8.94. The van der Waals surface area contributed by atoms with E-state index < -0.39 is 28.5 Å². The highest BCUT2D eigenvalue weighted by atomic mass is 35.5. The Kier molecular flexibility index (Phi) is 10.3. The summed E-state index contributed by atoms with van der Waals surface area (Å²) in [6.45, 7) is 6.37. The van der Waals surface area contributed by atoms with Crippen LogP contribution < -0.4 is 9.62 Å². The molecule has 0 radical (unpaired) electrons. The first kappa shape index (κ1) is 30.8. The minimum absolute atomic E-state index is 0.0209. The first-order valence-electron chi connectivity index (χ1n) is 12.2. The van der Waals surface area contributed by atoms with Crippen molar-refractivity contribution in [2.24, 2.45) is 0 Å². The van der Waals surface area contributed by atoms with Crippen molar-refractivity contribution in [3.05, 3.63) is 92.9 Å². The molecule has 39 heavy (non-hydrogen) atoms. The standard InChI is InChI=1S/C28H30Cl3N3O4S/c1-18(2)32-28(36)20(4)33(16-21-8-5-6-9-23(21)29)26(35)17-34(25-11-7-10-24(30)27(25)31)39(37,38)22-14-12-19(3)13-15-22/h5-15,18,20H,16-17H2,1-4H3,(H,32,36)/t20-/m1/s1. The zero-order valence-corrected chi connectivity index (χ0v) is 25.1. The number of amides is 2. The second-order valence-corrected chi connectivity index (χ2v) is 12.4. The molecule has 1 N–H and O–H groups in total. The summed E-state index contributed by atoms with van der Waals surface area (Å²) in [5.74, 6) is -1.02. The van der Waals surface area contributed by atoms with Crippen LogP contribution in [0.4, 0.5) is 5.69 Å². The van der Waals surface area contributed by atoms with Gasteiger partial charge in [-0.2, -0.15) is 0 Å².